The normalized spacial score (nSPS) is 9.23. The summed E-state index contributed by atoms with van der Waals surface area (Å²) in [5.41, 5.74) is 0.796. The largest absolute Gasteiger partial charge is 0.223 e. The number of hydrogen-bond acceptors (Lipinski definition) is 4. The van der Waals surface area contributed by atoms with E-state index in [-0.39, 0.29) is 0 Å². The molecule has 0 saturated carbocycles. The molecule has 0 aliphatic heterocycles. The molecular weight excluding hydrogens is 229 g/mol. The topological polar surface area (TPSA) is 60.5 Å². The average Bonchev–Trinajstić information content (AvgIpc) is 2.51. The number of para-hydroxylation sites is 1. The van der Waals surface area contributed by atoms with Crippen molar-refractivity contribution in [3.05, 3.63) is 27.7 Å². The lowest BCUT2D eigenvalue weighted by molar-refractivity contribution is 1.15. The van der Waals surface area contributed by atoms with Gasteiger partial charge in [-0.05, 0) is 12.1 Å². The van der Waals surface area contributed by atoms with E-state index in [0.717, 1.165) is 10.2 Å². The van der Waals surface area contributed by atoms with Crippen LogP contribution in [0.15, 0.2) is 18.2 Å². The lowest BCUT2D eigenvalue weighted by Crippen LogP contribution is -1.67. The van der Waals surface area contributed by atoms with E-state index >= 15 is 0 Å². The highest BCUT2D eigenvalue weighted by Gasteiger charge is 2.03. The number of fused-ring (bicyclic) bond motifs is 1. The molecule has 2 rings (SSSR count). The Labute approximate surface area is 88.3 Å². The highest BCUT2D eigenvalue weighted by molar-refractivity contribution is 7.22. The van der Waals surface area contributed by atoms with Crippen LogP contribution in [0.4, 0.5) is 0 Å². The highest BCUT2D eigenvalue weighted by atomic mass is 35.5. The smallest absolute Gasteiger partial charge is 0.184 e. The van der Waals surface area contributed by atoms with Gasteiger partial charge in [-0.3, -0.25) is 0 Å². The van der Waals surface area contributed by atoms with Crippen LogP contribution >= 0.6 is 34.5 Å². The van der Waals surface area contributed by atoms with Crippen molar-refractivity contribution < 1.29 is 0 Å². The lowest BCUT2D eigenvalue weighted by Gasteiger charge is -1.87. The van der Waals surface area contributed by atoms with Crippen LogP contribution in [0.1, 0.15) is 0 Å². The van der Waals surface area contributed by atoms with Crippen LogP contribution in [0.3, 0.4) is 0 Å². The van der Waals surface area contributed by atoms with Crippen molar-refractivity contribution in [3.63, 3.8) is 0 Å². The number of hydrogen-bond donors (Lipinski definition) is 0. The van der Waals surface area contributed by atoms with E-state index in [1.54, 1.807) is 6.07 Å². The molecule has 6 heteroatoms. The molecule has 0 radical (unpaired) electrons. The maximum Gasteiger partial charge on any atom is 0.184 e. The van der Waals surface area contributed by atoms with Crippen molar-refractivity contribution >= 4 is 44.8 Å². The summed E-state index contributed by atoms with van der Waals surface area (Å²) in [6.45, 7) is 0. The summed E-state index contributed by atoms with van der Waals surface area (Å²) in [6.07, 6.45) is 0. The van der Waals surface area contributed by atoms with Gasteiger partial charge in [-0.2, -0.15) is 0 Å². The van der Waals surface area contributed by atoms with Crippen LogP contribution in [0.5, 0.6) is 0 Å². The zero-order chi connectivity index (χ0) is 9.84. The molecule has 0 spiro atoms. The number of nitrogens with zero attached hydrogens (tertiary/aromatic N) is 3. The molecule has 1 heterocycles. The van der Waals surface area contributed by atoms with Crippen molar-refractivity contribution in [2.75, 3.05) is 0 Å². The van der Waals surface area contributed by atoms with Gasteiger partial charge in [0.25, 0.3) is 0 Å². The second-order valence-electron chi connectivity index (χ2n) is 2.05. The van der Waals surface area contributed by atoms with Gasteiger partial charge in [-0.1, -0.05) is 29.3 Å². The van der Waals surface area contributed by atoms with Crippen molar-refractivity contribution in [2.45, 2.75) is 0 Å². The van der Waals surface area contributed by atoms with Crippen molar-refractivity contribution in [2.24, 2.45) is 0 Å². The second-order valence-corrected chi connectivity index (χ2v) is 4.07. The van der Waals surface area contributed by atoms with Gasteiger partial charge < -0.3 is 0 Å². The van der Waals surface area contributed by atoms with E-state index in [1.165, 1.54) is 11.3 Å². The Morgan fingerprint density at radius 3 is 2.54 bits per heavy atom. The van der Waals surface area contributed by atoms with Gasteiger partial charge in [0.2, 0.25) is 0 Å². The first kappa shape index (κ1) is 10.2. The van der Waals surface area contributed by atoms with Crippen LogP contribution in [0.2, 0.25) is 9.49 Å². The van der Waals surface area contributed by atoms with Gasteiger partial charge in [-0.15, -0.1) is 11.3 Å². The molecule has 0 aliphatic carbocycles. The Kier molecular flexibility index (Phi) is 3.43. The summed E-state index contributed by atoms with van der Waals surface area (Å²) >= 11 is 13.0. The Balaban J connectivity index is 0.000000396. The quantitative estimate of drug-likeness (QED) is 0.651. The minimum Gasteiger partial charge on any atom is -0.223 e. The zero-order valence-electron chi connectivity index (χ0n) is 6.24. The lowest BCUT2D eigenvalue weighted by atomic mass is 10.3. The predicted octanol–water partition coefficient (Wildman–Crippen LogP) is 3.63. The minimum atomic E-state index is 0.535. The SMILES string of the molecule is Clc1nc2c(Cl)cccc2s1.N#N. The molecule has 0 saturated heterocycles. The maximum atomic E-state index is 6.00. The third-order valence-corrected chi connectivity index (χ3v) is 2.77. The molecule has 2 aromatic rings. The summed E-state index contributed by atoms with van der Waals surface area (Å²) in [4.78, 5) is 4.06. The van der Waals surface area contributed by atoms with Gasteiger partial charge in [-0.25, -0.2) is 4.98 Å². The van der Waals surface area contributed by atoms with Gasteiger partial charge in [0, 0.05) is 10.8 Å². The van der Waals surface area contributed by atoms with Gasteiger partial charge >= 0.3 is 0 Å². The van der Waals surface area contributed by atoms with Gasteiger partial charge in [0.1, 0.15) is 5.52 Å². The van der Waals surface area contributed by atoms with Crippen LogP contribution < -0.4 is 0 Å². The number of thiazole rings is 1. The van der Waals surface area contributed by atoms with Gasteiger partial charge in [0.15, 0.2) is 4.47 Å². The first-order valence-corrected chi connectivity index (χ1v) is 4.75. The predicted molar refractivity (Wildman–Crippen MR) is 53.1 cm³/mol. The van der Waals surface area contributed by atoms with E-state index in [4.69, 9.17) is 34.0 Å². The third-order valence-electron chi connectivity index (χ3n) is 1.34. The molecule has 3 nitrogen and oxygen atoms in total. The van der Waals surface area contributed by atoms with Crippen LogP contribution in [-0.4, -0.2) is 4.98 Å². The minimum absolute atomic E-state index is 0.535. The standard InChI is InChI=1S/C7H3Cl2NS.N2/c8-4-2-1-3-5-6(4)10-7(9)11-5;1-2/h1-3H;. The van der Waals surface area contributed by atoms with E-state index in [9.17, 15) is 0 Å². The molecule has 1 aromatic heterocycles. The molecule has 0 atom stereocenters. The summed E-state index contributed by atoms with van der Waals surface area (Å²) in [6, 6.07) is 5.64. The Morgan fingerprint density at radius 2 is 1.92 bits per heavy atom. The number of aromatic nitrogens is 1. The molecule has 0 unspecified atom stereocenters. The fraction of sp³-hybridized carbons (Fsp3) is 0. The number of halogens is 2. The van der Waals surface area contributed by atoms with E-state index in [2.05, 4.69) is 4.98 Å². The molecular formula is C7H3Cl2N3S. The summed E-state index contributed by atoms with van der Waals surface area (Å²) in [5, 5.41) is 12.7. The fourth-order valence-corrected chi connectivity index (χ4v) is 2.21. The summed E-state index contributed by atoms with van der Waals surface area (Å²) in [5.74, 6) is 0. The molecule has 1 aromatic carbocycles. The van der Waals surface area contributed by atoms with Gasteiger partial charge in [0.05, 0.1) is 9.72 Å². The molecule has 0 bridgehead atoms. The van der Waals surface area contributed by atoms with Crippen molar-refractivity contribution in [1.82, 2.24) is 4.98 Å². The van der Waals surface area contributed by atoms with Crippen molar-refractivity contribution in [1.29, 1.82) is 10.8 Å². The number of benzene rings is 1. The first-order valence-electron chi connectivity index (χ1n) is 3.18. The zero-order valence-corrected chi connectivity index (χ0v) is 8.57. The van der Waals surface area contributed by atoms with E-state index in [1.807, 2.05) is 12.1 Å². The molecule has 66 valence electrons. The van der Waals surface area contributed by atoms with Crippen LogP contribution in [0, 0.1) is 10.8 Å². The Bertz CT molecular complexity index is 437. The fourth-order valence-electron chi connectivity index (χ4n) is 0.888. The number of rotatable bonds is 0. The first-order chi connectivity index (χ1) is 6.27. The monoisotopic (exact) mass is 231 g/mol. The summed E-state index contributed by atoms with van der Waals surface area (Å²) in [7, 11) is 0. The highest BCUT2D eigenvalue weighted by Crippen LogP contribution is 2.29. The van der Waals surface area contributed by atoms with Crippen LogP contribution in [0.25, 0.3) is 10.2 Å². The van der Waals surface area contributed by atoms with Crippen molar-refractivity contribution in [3.8, 4) is 0 Å². The molecule has 0 amide bonds. The maximum absolute atomic E-state index is 6.00. The molecule has 13 heavy (non-hydrogen) atoms. The molecule has 0 aliphatic rings. The molecule has 0 fully saturated rings. The third kappa shape index (κ3) is 2.07. The summed E-state index contributed by atoms with van der Waals surface area (Å²) < 4.78 is 1.57. The second kappa shape index (κ2) is 4.38. The van der Waals surface area contributed by atoms with E-state index in [0.29, 0.717) is 9.49 Å². The average molecular weight is 232 g/mol. The Hall–Kier alpha value is -0.890. The molecule has 0 N–H and O–H groups in total. The van der Waals surface area contributed by atoms with Crippen LogP contribution in [-0.2, 0) is 0 Å². The van der Waals surface area contributed by atoms with E-state index < -0.39 is 0 Å². The Morgan fingerprint density at radius 1 is 1.23 bits per heavy atom.